The van der Waals surface area contributed by atoms with Gasteiger partial charge in [-0.1, -0.05) is 0 Å². The number of hydrogen-bond donors (Lipinski definition) is 12. The summed E-state index contributed by atoms with van der Waals surface area (Å²) in [5.74, 6) is -0.758. The van der Waals surface area contributed by atoms with Gasteiger partial charge in [-0.05, 0) is 32.2 Å². The van der Waals surface area contributed by atoms with Crippen LogP contribution in [0, 0.1) is 5.92 Å². The number of nitrogens with one attached hydrogen (secondary N) is 2. The molecule has 2 amide bonds. The largest absolute Gasteiger partial charge is 0.396 e. The van der Waals surface area contributed by atoms with E-state index in [1.165, 1.54) is 0 Å². The number of aliphatic hydroxyl groups excluding tert-OH is 5. The first-order valence-corrected chi connectivity index (χ1v) is 14.2. The average Bonchev–Trinajstić information content (AvgIpc) is 2.94. The molecule has 1 aliphatic carbocycles. The maximum Gasteiger partial charge on any atom is 0.341 e. The maximum absolute atomic E-state index is 12.6. The lowest BCUT2D eigenvalue weighted by atomic mass is 9.72. The topological polar surface area (TPSA) is 298 Å². The summed E-state index contributed by atoms with van der Waals surface area (Å²) >= 11 is 0. The minimum Gasteiger partial charge on any atom is -0.396 e. The lowest BCUT2D eigenvalue weighted by molar-refractivity contribution is -0.306. The number of nitrogens with zero attached hydrogens (tertiary/aromatic N) is 1. The van der Waals surface area contributed by atoms with Gasteiger partial charge in [0.15, 0.2) is 6.29 Å². The number of hydrogen-bond acceptors (Lipinski definition) is 15. The summed E-state index contributed by atoms with van der Waals surface area (Å²) < 4.78 is 17.9. The van der Waals surface area contributed by atoms with Crippen molar-refractivity contribution in [2.45, 2.75) is 98.9 Å². The van der Waals surface area contributed by atoms with Crippen molar-refractivity contribution in [3.05, 3.63) is 0 Å². The molecule has 17 nitrogen and oxygen atoms in total. The van der Waals surface area contributed by atoms with E-state index in [0.29, 0.717) is 37.4 Å². The average molecular weight is 596 g/mol. The summed E-state index contributed by atoms with van der Waals surface area (Å²) in [6.45, 7) is 0.414. The Morgan fingerprint density at radius 2 is 1.76 bits per heavy atom. The van der Waals surface area contributed by atoms with Gasteiger partial charge >= 0.3 is 6.03 Å². The summed E-state index contributed by atoms with van der Waals surface area (Å²) in [5, 5.41) is 67.4. The highest BCUT2D eigenvalue weighted by Crippen LogP contribution is 2.36. The van der Waals surface area contributed by atoms with E-state index < -0.39 is 85.6 Å². The normalized spacial score (nSPS) is 41.7. The monoisotopic (exact) mass is 595 g/mol. The molecule has 2 saturated heterocycles. The van der Waals surface area contributed by atoms with Crippen molar-refractivity contribution in [3.63, 3.8) is 0 Å². The molecule has 0 radical (unpaired) electrons. The number of rotatable bonds is 12. The van der Waals surface area contributed by atoms with Crippen molar-refractivity contribution in [3.8, 4) is 0 Å². The zero-order valence-corrected chi connectivity index (χ0v) is 23.1. The number of ether oxygens (including phenoxy) is 3. The molecule has 0 aromatic carbocycles. The summed E-state index contributed by atoms with van der Waals surface area (Å²) in [7, 11) is 0. The Labute approximate surface area is 239 Å². The molecule has 1 unspecified atom stereocenters. The number of aliphatic hydroxyl groups is 5. The summed E-state index contributed by atoms with van der Waals surface area (Å²) in [6, 6.07) is -4.29. The van der Waals surface area contributed by atoms with Crippen molar-refractivity contribution >= 4 is 6.03 Å². The summed E-state index contributed by atoms with van der Waals surface area (Å²) in [6.07, 6.45) is -7.18. The second-order valence-electron chi connectivity index (χ2n) is 11.1. The standard InChI is InChI=1S/C24H49N7O10/c25-4-6-31(38)24(37)30-14-8-13(27)16(21-12(26)3-2-11(39-21)9-29-5-1-7-32)19(35)22(14)41-23-20(36)17(28)18(34)15(10-33)40-23/h11-23,29,32-36,38H,1-10,25-28H2,(H,30,37)/t11-,12+,13-,14+,15+,16?,17-,18+,19-,20+,21-,22-,23+/m0/s1. The third-order valence-electron chi connectivity index (χ3n) is 8.12. The van der Waals surface area contributed by atoms with Crippen LogP contribution in [0.4, 0.5) is 4.79 Å². The quantitative estimate of drug-likeness (QED) is 0.0568. The third kappa shape index (κ3) is 8.42. The van der Waals surface area contributed by atoms with Crippen molar-refractivity contribution in [1.29, 1.82) is 0 Å². The van der Waals surface area contributed by atoms with Crippen molar-refractivity contribution in [2.24, 2.45) is 28.9 Å². The fraction of sp³-hybridized carbons (Fsp3) is 0.958. The SMILES string of the molecule is NCCN(O)C(=O)N[C@@H]1C[C@H](N)C([C@H]2O[C@H](CNCCCO)CC[C@H]2N)[C@H](O)[C@H]1O[C@H]1O[C@H](CO)[C@@H](O)[C@H](N)[C@H]1O. The van der Waals surface area contributed by atoms with Crippen LogP contribution in [0.15, 0.2) is 0 Å². The Morgan fingerprint density at radius 3 is 2.41 bits per heavy atom. The summed E-state index contributed by atoms with van der Waals surface area (Å²) in [5.41, 5.74) is 24.3. The van der Waals surface area contributed by atoms with Gasteiger partial charge in [-0.3, -0.25) is 5.21 Å². The van der Waals surface area contributed by atoms with E-state index in [1.807, 2.05) is 0 Å². The highest BCUT2D eigenvalue weighted by Gasteiger charge is 2.53. The molecular weight excluding hydrogens is 546 g/mol. The Balaban J connectivity index is 1.83. The highest BCUT2D eigenvalue weighted by molar-refractivity contribution is 5.73. The van der Waals surface area contributed by atoms with Crippen LogP contribution < -0.4 is 33.6 Å². The molecule has 3 fully saturated rings. The van der Waals surface area contributed by atoms with Crippen LogP contribution in [0.3, 0.4) is 0 Å². The minimum absolute atomic E-state index is 0.00344. The minimum atomic E-state index is -1.54. The van der Waals surface area contributed by atoms with E-state index in [1.54, 1.807) is 0 Å². The fourth-order valence-electron chi connectivity index (χ4n) is 5.82. The molecule has 3 aliphatic rings. The first-order valence-electron chi connectivity index (χ1n) is 14.2. The van der Waals surface area contributed by atoms with E-state index in [9.17, 15) is 30.4 Å². The molecule has 0 spiro atoms. The van der Waals surface area contributed by atoms with Crippen LogP contribution in [0.25, 0.3) is 0 Å². The molecule has 41 heavy (non-hydrogen) atoms. The first-order chi connectivity index (χ1) is 19.5. The van der Waals surface area contributed by atoms with Gasteiger partial charge in [0.2, 0.25) is 0 Å². The second kappa shape index (κ2) is 16.0. The predicted molar refractivity (Wildman–Crippen MR) is 143 cm³/mol. The molecule has 17 heteroatoms. The molecular formula is C24H49N7O10. The number of hydroxylamine groups is 2. The van der Waals surface area contributed by atoms with Gasteiger partial charge in [0.05, 0.1) is 43.5 Å². The number of amides is 2. The fourth-order valence-corrected chi connectivity index (χ4v) is 5.82. The second-order valence-corrected chi connectivity index (χ2v) is 11.1. The van der Waals surface area contributed by atoms with Gasteiger partial charge < -0.3 is 73.3 Å². The van der Waals surface area contributed by atoms with Gasteiger partial charge in [0.1, 0.15) is 24.4 Å². The zero-order valence-electron chi connectivity index (χ0n) is 23.1. The number of carbonyl (C=O) groups is 1. The Bertz CT molecular complexity index is 804. The molecule has 2 aliphatic heterocycles. The molecule has 240 valence electrons. The van der Waals surface area contributed by atoms with Crippen molar-refractivity contribution in [1.82, 2.24) is 15.7 Å². The zero-order chi connectivity index (χ0) is 30.3. The number of carbonyl (C=O) groups excluding carboxylic acids is 1. The molecule has 1 saturated carbocycles. The van der Waals surface area contributed by atoms with Gasteiger partial charge in [-0.25, -0.2) is 9.86 Å². The lowest BCUT2D eigenvalue weighted by Gasteiger charge is -2.51. The Hall–Kier alpha value is -1.29. The molecule has 0 aromatic heterocycles. The number of nitrogens with two attached hydrogens (primary N) is 4. The summed E-state index contributed by atoms with van der Waals surface area (Å²) in [4.78, 5) is 12.6. The molecule has 2 heterocycles. The number of urea groups is 1. The third-order valence-corrected chi connectivity index (χ3v) is 8.12. The van der Waals surface area contributed by atoms with E-state index in [0.717, 1.165) is 0 Å². The van der Waals surface area contributed by atoms with Crippen molar-refractivity contribution in [2.75, 3.05) is 39.4 Å². The van der Waals surface area contributed by atoms with E-state index >= 15 is 0 Å². The highest BCUT2D eigenvalue weighted by atomic mass is 16.7. The van der Waals surface area contributed by atoms with Crippen LogP contribution >= 0.6 is 0 Å². The molecule has 16 N–H and O–H groups in total. The predicted octanol–water partition coefficient (Wildman–Crippen LogP) is -5.58. The Kier molecular flexibility index (Phi) is 13.3. The molecule has 3 rings (SSSR count). The van der Waals surface area contributed by atoms with Crippen LogP contribution in [-0.4, -0.2) is 154 Å². The van der Waals surface area contributed by atoms with Gasteiger partial charge in [0, 0.05) is 37.7 Å². The van der Waals surface area contributed by atoms with Crippen LogP contribution in [-0.2, 0) is 14.2 Å². The first kappa shape index (κ1) is 34.2. The van der Waals surface area contributed by atoms with Crippen LogP contribution in [0.1, 0.15) is 25.7 Å². The van der Waals surface area contributed by atoms with E-state index in [2.05, 4.69) is 10.6 Å². The van der Waals surface area contributed by atoms with E-state index in [-0.39, 0.29) is 32.2 Å². The molecule has 0 bridgehead atoms. The van der Waals surface area contributed by atoms with Crippen LogP contribution in [0.5, 0.6) is 0 Å². The van der Waals surface area contributed by atoms with E-state index in [4.69, 9.17) is 42.3 Å². The molecule has 0 aromatic rings. The molecule has 13 atom stereocenters. The van der Waals surface area contributed by atoms with Gasteiger partial charge in [0.25, 0.3) is 0 Å². The van der Waals surface area contributed by atoms with Gasteiger partial charge in [-0.15, -0.1) is 0 Å². The Morgan fingerprint density at radius 1 is 1.02 bits per heavy atom. The van der Waals surface area contributed by atoms with Gasteiger partial charge in [-0.2, -0.15) is 0 Å². The lowest BCUT2D eigenvalue weighted by Crippen LogP contribution is -2.69. The maximum atomic E-state index is 12.6. The smallest absolute Gasteiger partial charge is 0.341 e. The van der Waals surface area contributed by atoms with Crippen molar-refractivity contribution < 1.29 is 49.7 Å². The van der Waals surface area contributed by atoms with Crippen LogP contribution in [0.2, 0.25) is 0 Å².